The lowest BCUT2D eigenvalue weighted by atomic mass is 9.89. The molecule has 1 saturated heterocycles. The Morgan fingerprint density at radius 1 is 0.740 bits per heavy atom. The van der Waals surface area contributed by atoms with Gasteiger partial charge in [-0.15, -0.1) is 0 Å². The highest BCUT2D eigenvalue weighted by Gasteiger charge is 2.39. The number of urea groups is 1. The van der Waals surface area contributed by atoms with Crippen molar-refractivity contribution in [3.63, 3.8) is 0 Å². The fourth-order valence-electron chi connectivity index (χ4n) is 6.55. The highest BCUT2D eigenvalue weighted by molar-refractivity contribution is 5.75. The van der Waals surface area contributed by atoms with Crippen LogP contribution >= 0.6 is 0 Å². The summed E-state index contributed by atoms with van der Waals surface area (Å²) in [6, 6.07) is 44.9. The lowest BCUT2D eigenvalue weighted by molar-refractivity contribution is -0.276. The summed E-state index contributed by atoms with van der Waals surface area (Å²) in [6.07, 6.45) is -0.836. The van der Waals surface area contributed by atoms with Crippen molar-refractivity contribution < 1.29 is 19.4 Å². The van der Waals surface area contributed by atoms with E-state index in [2.05, 4.69) is 103 Å². The highest BCUT2D eigenvalue weighted by atomic mass is 16.7. The van der Waals surface area contributed by atoms with Crippen molar-refractivity contribution in [2.24, 2.45) is 5.92 Å². The minimum atomic E-state index is -0.557. The normalized spacial score (nSPS) is 19.5. The summed E-state index contributed by atoms with van der Waals surface area (Å²) in [5.74, 6) is 0.0835. The van der Waals surface area contributed by atoms with Gasteiger partial charge in [-0.25, -0.2) is 4.79 Å². The largest absolute Gasteiger partial charge is 0.392 e. The van der Waals surface area contributed by atoms with Gasteiger partial charge in [0.2, 0.25) is 0 Å². The number of rotatable bonds is 12. The van der Waals surface area contributed by atoms with Crippen molar-refractivity contribution in [1.82, 2.24) is 15.5 Å². The van der Waals surface area contributed by atoms with Gasteiger partial charge < -0.3 is 25.2 Å². The van der Waals surface area contributed by atoms with E-state index in [9.17, 15) is 9.90 Å². The number of nitrogens with one attached hydrogen (secondary N) is 2. The Kier molecular flexibility index (Phi) is 11.7. The number of aliphatic hydroxyl groups excluding tert-OH is 1. The summed E-state index contributed by atoms with van der Waals surface area (Å²) in [5, 5.41) is 15.6. The van der Waals surface area contributed by atoms with E-state index in [-0.39, 0.29) is 36.8 Å². The van der Waals surface area contributed by atoms with Crippen LogP contribution in [0.5, 0.6) is 0 Å². The molecule has 0 radical (unpaired) electrons. The van der Waals surface area contributed by atoms with Crippen LogP contribution in [0, 0.1) is 5.92 Å². The van der Waals surface area contributed by atoms with Gasteiger partial charge in [-0.2, -0.15) is 0 Å². The Morgan fingerprint density at radius 3 is 2.06 bits per heavy atom. The minimum Gasteiger partial charge on any atom is -0.392 e. The van der Waals surface area contributed by atoms with Gasteiger partial charge in [-0.05, 0) is 52.9 Å². The lowest BCUT2D eigenvalue weighted by Gasteiger charge is -2.43. The van der Waals surface area contributed by atoms with E-state index in [4.69, 9.17) is 9.47 Å². The van der Waals surface area contributed by atoms with Gasteiger partial charge in [0.25, 0.3) is 0 Å². The molecule has 258 valence electrons. The average Bonchev–Trinajstić information content (AvgIpc) is 3.17. The van der Waals surface area contributed by atoms with Gasteiger partial charge in [0, 0.05) is 37.2 Å². The van der Waals surface area contributed by atoms with Crippen LogP contribution in [-0.2, 0) is 29.2 Å². The molecule has 3 N–H and O–H groups in total. The van der Waals surface area contributed by atoms with Crippen LogP contribution in [0.15, 0.2) is 133 Å². The summed E-state index contributed by atoms with van der Waals surface area (Å²) in [6.45, 7) is 6.04. The summed E-state index contributed by atoms with van der Waals surface area (Å²) >= 11 is 0. The Balaban J connectivity index is 1.18. The van der Waals surface area contributed by atoms with Crippen LogP contribution in [0.4, 0.5) is 4.79 Å². The molecule has 5 atom stereocenters. The first-order valence-electron chi connectivity index (χ1n) is 17.4. The Bertz CT molecular complexity index is 1800. The zero-order valence-electron chi connectivity index (χ0n) is 29.0. The van der Waals surface area contributed by atoms with Crippen molar-refractivity contribution in [3.05, 3.63) is 167 Å². The van der Waals surface area contributed by atoms with Crippen molar-refractivity contribution in [1.29, 1.82) is 0 Å². The fraction of sp³-hybridized carbons (Fsp3) is 0.279. The van der Waals surface area contributed by atoms with Crippen LogP contribution in [0.25, 0.3) is 11.1 Å². The van der Waals surface area contributed by atoms with Crippen LogP contribution in [-0.4, -0.2) is 35.7 Å². The molecular formula is C43H47N3O4. The molecule has 2 amide bonds. The maximum absolute atomic E-state index is 12.6. The number of aliphatic hydroxyl groups is 1. The van der Waals surface area contributed by atoms with Crippen LogP contribution in [0.2, 0.25) is 0 Å². The number of hydrogen-bond acceptors (Lipinski definition) is 5. The third-order valence-electron chi connectivity index (χ3n) is 9.78. The molecule has 6 rings (SSSR count). The van der Waals surface area contributed by atoms with Gasteiger partial charge in [0.1, 0.15) is 0 Å². The van der Waals surface area contributed by atoms with Crippen molar-refractivity contribution in [2.45, 2.75) is 58.1 Å². The second-order valence-electron chi connectivity index (χ2n) is 13.1. The number of carbonyl (C=O) groups is 1. The first kappa shape index (κ1) is 35.1. The Morgan fingerprint density at radius 2 is 1.36 bits per heavy atom. The molecule has 1 heterocycles. The number of hydrogen-bond donors (Lipinski definition) is 3. The van der Waals surface area contributed by atoms with Gasteiger partial charge in [-0.1, -0.05) is 140 Å². The molecule has 0 saturated carbocycles. The van der Waals surface area contributed by atoms with Crippen molar-refractivity contribution in [2.75, 3.05) is 13.6 Å². The molecule has 0 spiro atoms. The van der Waals surface area contributed by atoms with E-state index in [0.717, 1.165) is 45.5 Å². The molecule has 0 aliphatic carbocycles. The molecule has 7 heteroatoms. The molecule has 5 aromatic carbocycles. The monoisotopic (exact) mass is 669 g/mol. The molecule has 50 heavy (non-hydrogen) atoms. The SMILES string of the molecule is C[C@@H]1[C@H](CN(C)[C@@H](C)c2ccccc2)O[C@H](c2ccc(-c3ccccc3CNC(=O)NCc3ccccc3)cc2)O[C@@H]1c1ccc(CO)cc1. The second kappa shape index (κ2) is 16.7. The number of ether oxygens (including phenoxy) is 2. The third-order valence-corrected chi connectivity index (χ3v) is 9.78. The summed E-state index contributed by atoms with van der Waals surface area (Å²) in [7, 11) is 2.15. The zero-order chi connectivity index (χ0) is 34.9. The minimum absolute atomic E-state index is 0.00484. The first-order valence-corrected chi connectivity index (χ1v) is 17.4. The molecule has 1 fully saturated rings. The van der Waals surface area contributed by atoms with E-state index in [1.54, 1.807) is 0 Å². The van der Waals surface area contributed by atoms with Gasteiger partial charge in [0.15, 0.2) is 6.29 Å². The molecule has 0 unspecified atom stereocenters. The summed E-state index contributed by atoms with van der Waals surface area (Å²) in [5.41, 5.74) is 8.32. The van der Waals surface area contributed by atoms with Crippen molar-refractivity contribution in [3.8, 4) is 11.1 Å². The van der Waals surface area contributed by atoms with E-state index in [0.29, 0.717) is 13.1 Å². The molecule has 5 aromatic rings. The number of amides is 2. The maximum atomic E-state index is 12.6. The van der Waals surface area contributed by atoms with E-state index >= 15 is 0 Å². The van der Waals surface area contributed by atoms with E-state index in [1.807, 2.05) is 66.7 Å². The van der Waals surface area contributed by atoms with Gasteiger partial charge in [-0.3, -0.25) is 4.90 Å². The maximum Gasteiger partial charge on any atom is 0.315 e. The van der Waals surface area contributed by atoms with Gasteiger partial charge >= 0.3 is 6.03 Å². The molecule has 7 nitrogen and oxygen atoms in total. The fourth-order valence-corrected chi connectivity index (χ4v) is 6.55. The number of benzene rings is 5. The van der Waals surface area contributed by atoms with Crippen LogP contribution < -0.4 is 10.6 Å². The summed E-state index contributed by atoms with van der Waals surface area (Å²) in [4.78, 5) is 14.9. The average molecular weight is 670 g/mol. The number of carbonyl (C=O) groups excluding carboxylic acids is 1. The van der Waals surface area contributed by atoms with E-state index < -0.39 is 6.29 Å². The molecule has 1 aliphatic rings. The third kappa shape index (κ3) is 8.67. The topological polar surface area (TPSA) is 83.1 Å². The molecule has 0 bridgehead atoms. The number of likely N-dealkylation sites (N-methyl/N-ethyl adjacent to an activating group) is 1. The molecular weight excluding hydrogens is 622 g/mol. The van der Waals surface area contributed by atoms with Crippen LogP contribution in [0.1, 0.15) is 65.7 Å². The van der Waals surface area contributed by atoms with Gasteiger partial charge in [0.05, 0.1) is 18.8 Å². The van der Waals surface area contributed by atoms with Crippen LogP contribution in [0.3, 0.4) is 0 Å². The highest BCUT2D eigenvalue weighted by Crippen LogP contribution is 2.42. The molecule has 1 aliphatic heterocycles. The molecule has 0 aromatic heterocycles. The Labute approximate surface area is 295 Å². The lowest BCUT2D eigenvalue weighted by Crippen LogP contribution is -2.44. The van der Waals surface area contributed by atoms with Crippen molar-refractivity contribution >= 4 is 6.03 Å². The number of nitrogens with zero attached hydrogens (tertiary/aromatic N) is 1. The standard InChI is InChI=1S/C43H47N3O4/c1-30-40(28-46(3)31(2)34-14-8-5-9-15-34)49-42(50-41(30)36-20-18-33(29-47)19-21-36)37-24-22-35(23-25-37)39-17-11-10-16-38(39)27-45-43(48)44-26-32-12-6-4-7-13-32/h4-25,30-31,40-42,47H,26-29H2,1-3H3,(H2,44,45,48)/t30-,31+,40+,41+,42+/m1/s1. The smallest absolute Gasteiger partial charge is 0.315 e. The second-order valence-corrected chi connectivity index (χ2v) is 13.1. The Hall–Kier alpha value is -4.79. The quantitative estimate of drug-likeness (QED) is 0.124. The van der Waals surface area contributed by atoms with E-state index in [1.165, 1.54) is 5.56 Å². The predicted molar refractivity (Wildman–Crippen MR) is 198 cm³/mol. The predicted octanol–water partition coefficient (Wildman–Crippen LogP) is 8.33. The zero-order valence-corrected chi connectivity index (χ0v) is 29.0. The first-order chi connectivity index (χ1) is 24.4. The summed E-state index contributed by atoms with van der Waals surface area (Å²) < 4.78 is 13.5.